The first-order valence-corrected chi connectivity index (χ1v) is 29.5. The number of rotatable bonds is 4. The first-order valence-electron chi connectivity index (χ1n) is 29.5. The van der Waals surface area contributed by atoms with Gasteiger partial charge in [0.25, 0.3) is 0 Å². The zero-order valence-corrected chi connectivity index (χ0v) is 48.8. The Hall–Kier alpha value is -11.3. The second-order valence-electron chi connectivity index (χ2n) is 22.8. The molecule has 18 bridgehead atoms. The Balaban J connectivity index is 1.08. The maximum Gasteiger partial charge on any atom is 0.127 e. The molecule has 0 heterocycles. The lowest BCUT2D eigenvalue weighted by molar-refractivity contribution is 0.406. The van der Waals surface area contributed by atoms with Crippen LogP contribution in [0.15, 0.2) is 255 Å². The lowest BCUT2D eigenvalue weighted by Crippen LogP contribution is -1.93. The van der Waals surface area contributed by atoms with Crippen LogP contribution < -0.4 is 18.9 Å². The molecule has 0 radical (unpaired) electrons. The van der Waals surface area contributed by atoms with E-state index < -0.39 is 0 Å². The van der Waals surface area contributed by atoms with Crippen LogP contribution in [0.5, 0.6) is 34.5 Å². The second kappa shape index (κ2) is 20.7. The van der Waals surface area contributed by atoms with Crippen molar-refractivity contribution in [2.45, 2.75) is 0 Å². The van der Waals surface area contributed by atoms with Crippen molar-refractivity contribution in [3.05, 3.63) is 349 Å². The zero-order chi connectivity index (χ0) is 59.3. The third-order valence-electron chi connectivity index (χ3n) is 18.2. The van der Waals surface area contributed by atoms with Gasteiger partial charge in [0.05, 0.1) is 28.4 Å². The average molecular weight is 1140 g/mol. The van der Waals surface area contributed by atoms with Gasteiger partial charge in [-0.25, -0.2) is 0 Å². The van der Waals surface area contributed by atoms with Gasteiger partial charge in [-0.3, -0.25) is 0 Å². The number of ether oxygens (including phenoxy) is 4. The summed E-state index contributed by atoms with van der Waals surface area (Å²) in [6, 6.07) is 89.5. The Labute approximate surface area is 502 Å². The first kappa shape index (κ1) is 52.2. The van der Waals surface area contributed by atoms with Crippen molar-refractivity contribution >= 4 is 64.6 Å². The molecule has 15 aromatic rings. The molecule has 0 aromatic heterocycles. The van der Waals surface area contributed by atoms with E-state index in [1.54, 1.807) is 40.6 Å². The fourth-order valence-corrected chi connectivity index (χ4v) is 13.7. The quantitative estimate of drug-likeness (QED) is 0.183. The molecule has 420 valence electrons. The number of hydrogen-bond acceptors (Lipinski definition) is 6. The minimum Gasteiger partial charge on any atom is -0.507 e. The maximum atomic E-state index is 12.0. The SMILES string of the molecule is COc1ccc2ccc3cc2c1=c1c(OC)ccc2ccc(cc12)=c1ccc(cc1)=c1ccc2ccc(OC)c(c2c1)=c1c(OC)ccc2ccc(cc12)=c1ccc(cc1)=c1ccc2ccc(O)c(c2c1)=c1c(O)ccc2ccc(cc12)=c1ccc=3cc1. The van der Waals surface area contributed by atoms with E-state index in [9.17, 15) is 10.2 Å². The van der Waals surface area contributed by atoms with Gasteiger partial charge < -0.3 is 29.2 Å². The molecule has 0 fully saturated rings. The monoisotopic (exact) mass is 1140 g/mol. The molecule has 4 aliphatic carbocycles. The molecular weight excluding hydrogens is 1080 g/mol. The van der Waals surface area contributed by atoms with Gasteiger partial charge in [0.1, 0.15) is 34.5 Å². The van der Waals surface area contributed by atoms with Crippen LogP contribution >= 0.6 is 0 Å². The Morgan fingerprint density at radius 1 is 0.182 bits per heavy atom. The van der Waals surface area contributed by atoms with Crippen LogP contribution in [0.25, 0.3) is 64.6 Å². The maximum absolute atomic E-state index is 12.0. The van der Waals surface area contributed by atoms with Gasteiger partial charge in [-0.15, -0.1) is 0 Å². The number of benzene rings is 15. The summed E-state index contributed by atoms with van der Waals surface area (Å²) in [7, 11) is 6.93. The fourth-order valence-electron chi connectivity index (χ4n) is 13.7. The van der Waals surface area contributed by atoms with E-state index in [0.29, 0.717) is 10.4 Å². The van der Waals surface area contributed by atoms with Crippen LogP contribution in [0.1, 0.15) is 0 Å². The summed E-state index contributed by atoms with van der Waals surface area (Å²) in [5.74, 6) is 3.14. The van der Waals surface area contributed by atoms with Crippen LogP contribution in [0.4, 0.5) is 0 Å². The van der Waals surface area contributed by atoms with Crippen LogP contribution in [0.3, 0.4) is 0 Å². The van der Waals surface area contributed by atoms with Crippen molar-refractivity contribution in [3.63, 3.8) is 0 Å². The highest BCUT2D eigenvalue weighted by Gasteiger charge is 2.14. The van der Waals surface area contributed by atoms with Crippen molar-refractivity contribution in [2.24, 2.45) is 0 Å². The molecule has 6 nitrogen and oxygen atoms in total. The molecule has 0 aliphatic heterocycles. The van der Waals surface area contributed by atoms with Gasteiger partial charge in [0.15, 0.2) is 0 Å². The third-order valence-corrected chi connectivity index (χ3v) is 18.2. The molecule has 4 aliphatic rings. The van der Waals surface area contributed by atoms with Gasteiger partial charge in [-0.05, 0) is 200 Å². The van der Waals surface area contributed by atoms with Crippen molar-refractivity contribution in [3.8, 4) is 34.5 Å². The highest BCUT2D eigenvalue weighted by atomic mass is 16.5. The van der Waals surface area contributed by atoms with Crippen molar-refractivity contribution in [1.29, 1.82) is 0 Å². The van der Waals surface area contributed by atoms with Crippen molar-refractivity contribution < 1.29 is 29.2 Å². The van der Waals surface area contributed by atoms with Crippen LogP contribution in [0.2, 0.25) is 0 Å². The van der Waals surface area contributed by atoms with Gasteiger partial charge >= 0.3 is 0 Å². The summed E-state index contributed by atoms with van der Waals surface area (Å²) in [4.78, 5) is 0. The summed E-state index contributed by atoms with van der Waals surface area (Å²) in [6.45, 7) is 0. The first-order chi connectivity index (χ1) is 43.2. The van der Waals surface area contributed by atoms with Crippen LogP contribution in [-0.4, -0.2) is 38.7 Å². The van der Waals surface area contributed by atoms with E-state index in [0.717, 1.165) is 171 Å². The third kappa shape index (κ3) is 8.47. The molecule has 2 N–H and O–H groups in total. The van der Waals surface area contributed by atoms with E-state index in [2.05, 4.69) is 231 Å². The summed E-state index contributed by atoms with van der Waals surface area (Å²) < 4.78 is 25.1. The molecule has 0 spiro atoms. The van der Waals surface area contributed by atoms with Gasteiger partial charge in [0.2, 0.25) is 0 Å². The van der Waals surface area contributed by atoms with E-state index in [-0.39, 0.29) is 11.5 Å². The van der Waals surface area contributed by atoms with Crippen LogP contribution in [0, 0.1) is 93.9 Å². The number of phenols is 2. The van der Waals surface area contributed by atoms with E-state index in [1.165, 1.54) is 0 Å². The molecule has 6 heteroatoms. The average Bonchev–Trinajstić information content (AvgIpc) is 1.07. The molecule has 19 rings (SSSR count). The minimum atomic E-state index is 0.0830. The molecule has 0 amide bonds. The fraction of sp³-hybridized carbons (Fsp3) is 0.0488. The van der Waals surface area contributed by atoms with Crippen LogP contribution in [-0.2, 0) is 0 Å². The Morgan fingerprint density at radius 2 is 0.341 bits per heavy atom. The highest BCUT2D eigenvalue weighted by molar-refractivity contribution is 5.93. The van der Waals surface area contributed by atoms with E-state index >= 15 is 0 Å². The lowest BCUT2D eigenvalue weighted by Gasteiger charge is -2.11. The molecule has 0 atom stereocenters. The number of phenolic OH excluding ortho intramolecular Hbond substituents is 2. The predicted molar refractivity (Wildman–Crippen MR) is 352 cm³/mol. The summed E-state index contributed by atoms with van der Waals surface area (Å²) in [5.41, 5.74) is 0. The van der Waals surface area contributed by atoms with Gasteiger partial charge in [0, 0.05) is 31.3 Å². The Morgan fingerprint density at radius 3 is 0.534 bits per heavy atom. The second-order valence-corrected chi connectivity index (χ2v) is 22.8. The molecule has 0 saturated carbocycles. The smallest absolute Gasteiger partial charge is 0.127 e. The summed E-state index contributed by atoms with van der Waals surface area (Å²) in [6.07, 6.45) is 0. The number of methoxy groups -OCH3 is 4. The van der Waals surface area contributed by atoms with Gasteiger partial charge in [-0.1, -0.05) is 182 Å². The standard InChI is InChI=1S/C82H56O6/c1-85-73-37-31-55-19-25-61-43-67(55)79(73)81-69-45-63(27-21-57(69)33-39-75(81)87-3)51-13-15-52(16-14-51)64-28-22-58-34-40-76(88-4)82(70(58)46-64)80-68-44-62(26-20-56(68)32-38-74(80)86-2)50-11-7-48(8-12-50)60-24-18-54-30-36-72(84)78(66(54)42-60)77-65-41-59(47-5-9-49(61)10-6-47)23-17-53(65)29-35-71(77)83/h5-46,83-84H,1-4H3. The molecule has 15 aromatic carbocycles. The number of hydrogen-bond donors (Lipinski definition) is 2. The van der Waals surface area contributed by atoms with E-state index in [4.69, 9.17) is 18.9 Å². The normalized spacial score (nSPS) is 11.7. The van der Waals surface area contributed by atoms with Crippen molar-refractivity contribution in [2.75, 3.05) is 28.4 Å². The zero-order valence-electron chi connectivity index (χ0n) is 48.8. The predicted octanol–water partition coefficient (Wildman–Crippen LogP) is 17.9. The summed E-state index contributed by atoms with van der Waals surface area (Å²) >= 11 is 0. The Bertz CT molecular complexity index is 6070. The number of fused-ring (bicyclic) bond motifs is 3. The lowest BCUT2D eigenvalue weighted by atomic mass is 9.98. The Kier molecular flexibility index (Phi) is 12.3. The molecular formula is C82H56O6. The molecule has 88 heavy (non-hydrogen) atoms. The molecule has 0 unspecified atom stereocenters. The topological polar surface area (TPSA) is 77.4 Å². The molecule has 0 saturated heterocycles. The van der Waals surface area contributed by atoms with Gasteiger partial charge in [-0.2, -0.15) is 0 Å². The van der Waals surface area contributed by atoms with E-state index in [1.807, 2.05) is 12.1 Å². The highest BCUT2D eigenvalue weighted by Crippen LogP contribution is 2.36. The minimum absolute atomic E-state index is 0.0830. The largest absolute Gasteiger partial charge is 0.507 e. The summed E-state index contributed by atoms with van der Waals surface area (Å²) in [5, 5.41) is 53.4. The van der Waals surface area contributed by atoms with Crippen molar-refractivity contribution in [1.82, 2.24) is 0 Å². The number of aromatic hydroxyl groups is 2.